The highest BCUT2D eigenvalue weighted by Crippen LogP contribution is 2.30. The number of pyridine rings is 1. The molecule has 164 valence electrons. The number of carbonyl (C=O) groups excluding carboxylic acids is 1. The van der Waals surface area contributed by atoms with E-state index in [1.165, 1.54) is 18.1 Å². The minimum absolute atomic E-state index is 0.138. The maximum Gasteiger partial charge on any atom is 0.150 e. The van der Waals surface area contributed by atoms with Gasteiger partial charge in [-0.2, -0.15) is 0 Å². The summed E-state index contributed by atoms with van der Waals surface area (Å²) in [5, 5.41) is 10.6. The highest BCUT2D eigenvalue weighted by atomic mass is 19.1. The van der Waals surface area contributed by atoms with Gasteiger partial charge in [0.1, 0.15) is 6.29 Å². The van der Waals surface area contributed by atoms with Crippen molar-refractivity contribution in [2.75, 3.05) is 45.4 Å². The first kappa shape index (κ1) is 24.8. The fraction of sp³-hybridized carbons (Fsp3) is 0.600. The molecule has 1 unspecified atom stereocenters. The largest absolute Gasteiger partial charge is 0.395 e. The highest BCUT2D eigenvalue weighted by Gasteiger charge is 2.24. The molecule has 29 heavy (non-hydrogen) atoms. The average Bonchev–Trinajstić information content (AvgIpc) is 2.68. The summed E-state index contributed by atoms with van der Waals surface area (Å²) in [4.78, 5) is 17.1. The van der Waals surface area contributed by atoms with Gasteiger partial charge in [0.15, 0.2) is 5.82 Å². The van der Waals surface area contributed by atoms with Gasteiger partial charge >= 0.3 is 0 Å². The molecule has 1 atom stereocenters. The molecular weight excluding hydrogens is 377 g/mol. The standard InChI is InChI=1S/C17H26FN5O2.C3H8O/c1-11-17(23-6-3-4-12(9-23)5-7-24)13(18)8-14(21-11)16(19)15(10-25)22(2)20;1-3-4-2/h7-8,12,25H,3-6,9-10,19-20H2,1-2H3;3H2,1-2H3/b16-15-;. The number of aromatic nitrogens is 1. The molecule has 9 heteroatoms. The lowest BCUT2D eigenvalue weighted by Gasteiger charge is -2.34. The number of hydrazine groups is 1. The molecule has 2 rings (SSSR count). The Morgan fingerprint density at radius 2 is 2.21 bits per heavy atom. The van der Waals surface area contributed by atoms with Crippen LogP contribution in [-0.4, -0.2) is 61.8 Å². The number of anilines is 1. The molecule has 1 fully saturated rings. The Labute approximate surface area is 172 Å². The molecule has 1 saturated heterocycles. The first-order valence-corrected chi connectivity index (χ1v) is 9.73. The van der Waals surface area contributed by atoms with E-state index < -0.39 is 5.82 Å². The van der Waals surface area contributed by atoms with E-state index in [0.29, 0.717) is 24.3 Å². The van der Waals surface area contributed by atoms with E-state index in [4.69, 9.17) is 11.6 Å². The van der Waals surface area contributed by atoms with Gasteiger partial charge in [0.05, 0.1) is 35.1 Å². The normalized spacial score (nSPS) is 17.2. The summed E-state index contributed by atoms with van der Waals surface area (Å²) in [6, 6.07) is 1.26. The van der Waals surface area contributed by atoms with E-state index in [1.54, 1.807) is 14.0 Å². The molecule has 0 aromatic carbocycles. The summed E-state index contributed by atoms with van der Waals surface area (Å²) in [7, 11) is 3.22. The average molecular weight is 412 g/mol. The number of aryl methyl sites for hydroxylation is 1. The molecule has 0 aliphatic carbocycles. The Bertz CT molecular complexity index is 672. The second kappa shape index (κ2) is 12.4. The number of likely N-dealkylation sites (N-methyl/N-ethyl adjacent to an activating group) is 1. The smallest absolute Gasteiger partial charge is 0.150 e. The van der Waals surface area contributed by atoms with Gasteiger partial charge in [-0.1, -0.05) is 0 Å². The molecule has 0 bridgehead atoms. The van der Waals surface area contributed by atoms with E-state index in [9.17, 15) is 14.3 Å². The van der Waals surface area contributed by atoms with Gasteiger partial charge in [0, 0.05) is 46.3 Å². The number of aliphatic hydroxyl groups excluding tert-OH is 1. The fourth-order valence-corrected chi connectivity index (χ4v) is 3.28. The number of nitrogens with two attached hydrogens (primary N) is 2. The molecule has 1 aromatic heterocycles. The Morgan fingerprint density at radius 3 is 2.69 bits per heavy atom. The number of piperidine rings is 1. The van der Waals surface area contributed by atoms with Gasteiger partial charge in [-0.3, -0.25) is 0 Å². The molecule has 0 amide bonds. The van der Waals surface area contributed by atoms with Crippen LogP contribution in [0.3, 0.4) is 0 Å². The van der Waals surface area contributed by atoms with Crippen LogP contribution in [0.5, 0.6) is 0 Å². The van der Waals surface area contributed by atoms with Gasteiger partial charge in [0.2, 0.25) is 0 Å². The SMILES string of the molecule is CCOC.Cc1nc(/C(N)=C(\CO)N(C)N)cc(F)c1N1CCCC(CC=O)C1. The third-order valence-electron chi connectivity index (χ3n) is 4.84. The zero-order valence-corrected chi connectivity index (χ0v) is 17.8. The Hall–Kier alpha value is -2.23. The number of methoxy groups -OCH3 is 1. The Morgan fingerprint density at radius 1 is 1.55 bits per heavy atom. The molecule has 5 N–H and O–H groups in total. The Kier molecular flexibility index (Phi) is 10.6. The lowest BCUT2D eigenvalue weighted by molar-refractivity contribution is -0.108. The molecule has 0 spiro atoms. The lowest BCUT2D eigenvalue weighted by Crippen LogP contribution is -2.37. The number of hydrogen-bond donors (Lipinski definition) is 3. The molecule has 1 aromatic rings. The van der Waals surface area contributed by atoms with Crippen LogP contribution in [0.25, 0.3) is 5.70 Å². The van der Waals surface area contributed by atoms with Crippen LogP contribution in [0.2, 0.25) is 0 Å². The zero-order chi connectivity index (χ0) is 22.0. The summed E-state index contributed by atoms with van der Waals surface area (Å²) in [6.07, 6.45) is 3.29. The molecular formula is C20H34FN5O3. The topological polar surface area (TPSA) is 118 Å². The third-order valence-corrected chi connectivity index (χ3v) is 4.84. The summed E-state index contributed by atoms with van der Waals surface area (Å²) in [5.41, 5.74) is 7.60. The summed E-state index contributed by atoms with van der Waals surface area (Å²) >= 11 is 0. The van der Waals surface area contributed by atoms with Crippen LogP contribution in [-0.2, 0) is 9.53 Å². The number of ether oxygens (including phenoxy) is 1. The van der Waals surface area contributed by atoms with E-state index in [-0.39, 0.29) is 29.6 Å². The number of halogens is 1. The lowest BCUT2D eigenvalue weighted by atomic mass is 9.95. The second-order valence-electron chi connectivity index (χ2n) is 6.99. The highest BCUT2D eigenvalue weighted by molar-refractivity contribution is 5.66. The van der Waals surface area contributed by atoms with Crippen LogP contribution >= 0.6 is 0 Å². The molecule has 0 radical (unpaired) electrons. The van der Waals surface area contributed by atoms with Crippen molar-refractivity contribution in [1.29, 1.82) is 0 Å². The third kappa shape index (κ3) is 6.95. The predicted molar refractivity (Wildman–Crippen MR) is 112 cm³/mol. The van der Waals surface area contributed by atoms with E-state index in [1.807, 2.05) is 11.8 Å². The quantitative estimate of drug-likeness (QED) is 0.350. The van der Waals surface area contributed by atoms with Crippen molar-refractivity contribution in [3.8, 4) is 0 Å². The summed E-state index contributed by atoms with van der Waals surface area (Å²) < 4.78 is 19.3. The van der Waals surface area contributed by atoms with Crippen molar-refractivity contribution in [1.82, 2.24) is 9.99 Å². The monoisotopic (exact) mass is 411 g/mol. The summed E-state index contributed by atoms with van der Waals surface area (Å²) in [5.74, 6) is 5.44. The first-order chi connectivity index (χ1) is 13.8. The van der Waals surface area contributed by atoms with Crippen molar-refractivity contribution < 1.29 is 19.0 Å². The minimum Gasteiger partial charge on any atom is -0.395 e. The molecule has 2 heterocycles. The van der Waals surface area contributed by atoms with Crippen molar-refractivity contribution in [3.63, 3.8) is 0 Å². The maximum atomic E-state index is 14.8. The number of hydrogen-bond acceptors (Lipinski definition) is 8. The summed E-state index contributed by atoms with van der Waals surface area (Å²) in [6.45, 7) is 5.49. The van der Waals surface area contributed by atoms with Crippen LogP contribution in [0.1, 0.15) is 37.6 Å². The van der Waals surface area contributed by atoms with Crippen LogP contribution in [0.15, 0.2) is 11.8 Å². The number of nitrogens with zero attached hydrogens (tertiary/aromatic N) is 3. The number of rotatable bonds is 7. The van der Waals surface area contributed by atoms with Crippen LogP contribution < -0.4 is 16.5 Å². The predicted octanol–water partition coefficient (Wildman–Crippen LogP) is 1.41. The Balaban J connectivity index is 0.000000960. The van der Waals surface area contributed by atoms with Gasteiger partial charge in [0.25, 0.3) is 0 Å². The van der Waals surface area contributed by atoms with E-state index in [0.717, 1.165) is 32.3 Å². The van der Waals surface area contributed by atoms with Crippen LogP contribution in [0, 0.1) is 18.7 Å². The van der Waals surface area contributed by atoms with Crippen molar-refractivity contribution in [2.24, 2.45) is 17.5 Å². The van der Waals surface area contributed by atoms with E-state index in [2.05, 4.69) is 9.72 Å². The molecule has 0 saturated carbocycles. The van der Waals surface area contributed by atoms with Crippen LogP contribution in [0.4, 0.5) is 10.1 Å². The van der Waals surface area contributed by atoms with Gasteiger partial charge < -0.3 is 30.3 Å². The molecule has 1 aliphatic rings. The molecule has 8 nitrogen and oxygen atoms in total. The number of aliphatic hydroxyl groups is 1. The number of carbonyl (C=O) groups is 1. The first-order valence-electron chi connectivity index (χ1n) is 9.73. The van der Waals surface area contributed by atoms with Crippen molar-refractivity contribution in [3.05, 3.63) is 29.0 Å². The molecule has 1 aliphatic heterocycles. The minimum atomic E-state index is -0.422. The number of aldehydes is 1. The van der Waals surface area contributed by atoms with Gasteiger partial charge in [-0.05, 0) is 32.6 Å². The maximum absolute atomic E-state index is 14.8. The van der Waals surface area contributed by atoms with E-state index >= 15 is 0 Å². The second-order valence-corrected chi connectivity index (χ2v) is 6.99. The zero-order valence-electron chi connectivity index (χ0n) is 17.8. The fourth-order valence-electron chi connectivity index (χ4n) is 3.28. The van der Waals surface area contributed by atoms with Crippen molar-refractivity contribution in [2.45, 2.75) is 33.1 Å². The van der Waals surface area contributed by atoms with Gasteiger partial charge in [-0.25, -0.2) is 15.2 Å². The van der Waals surface area contributed by atoms with Crippen molar-refractivity contribution >= 4 is 17.7 Å². The van der Waals surface area contributed by atoms with Gasteiger partial charge in [-0.15, -0.1) is 0 Å².